The fourth-order valence-electron chi connectivity index (χ4n) is 4.53. The topological polar surface area (TPSA) is 92.8 Å². The molecule has 0 unspecified atom stereocenters. The fourth-order valence-corrected chi connectivity index (χ4v) is 4.53. The molecule has 1 aromatic rings. The first-order valence-electron chi connectivity index (χ1n) is 11.2. The molecule has 1 saturated carbocycles. The summed E-state index contributed by atoms with van der Waals surface area (Å²) >= 11 is 0. The second kappa shape index (κ2) is 10.1. The minimum Gasteiger partial charge on any atom is -0.457 e. The Morgan fingerprint density at radius 2 is 1.84 bits per heavy atom. The molecule has 1 N–H and O–H groups in total. The smallest absolute Gasteiger partial charge is 0.311 e. The van der Waals surface area contributed by atoms with Crippen LogP contribution in [0.4, 0.5) is 5.69 Å². The lowest BCUT2D eigenvalue weighted by Gasteiger charge is -2.39. The normalized spacial score (nSPS) is 25.9. The molecule has 1 heterocycles. The highest BCUT2D eigenvalue weighted by Crippen LogP contribution is 2.35. The number of Topliss-reactive ketones (excluding diaryl/α,β-unsaturated/α-hetero) is 1. The zero-order valence-corrected chi connectivity index (χ0v) is 18.6. The molecule has 2 aliphatic rings. The summed E-state index contributed by atoms with van der Waals surface area (Å²) in [5.74, 6) is -0.452. The van der Waals surface area contributed by atoms with E-state index in [4.69, 9.17) is 4.74 Å². The summed E-state index contributed by atoms with van der Waals surface area (Å²) in [6, 6.07) is 6.65. The Morgan fingerprint density at radius 3 is 2.52 bits per heavy atom. The van der Waals surface area contributed by atoms with Gasteiger partial charge in [-0.1, -0.05) is 33.6 Å². The lowest BCUT2D eigenvalue weighted by Crippen LogP contribution is -2.45. The molecule has 0 aromatic heterocycles. The van der Waals surface area contributed by atoms with Crippen molar-refractivity contribution in [3.63, 3.8) is 0 Å². The quantitative estimate of drug-likeness (QED) is 0.531. The van der Waals surface area contributed by atoms with E-state index >= 15 is 0 Å². The van der Waals surface area contributed by atoms with Crippen LogP contribution in [0.5, 0.6) is 0 Å². The van der Waals surface area contributed by atoms with Crippen LogP contribution in [-0.2, 0) is 19.1 Å². The van der Waals surface area contributed by atoms with Gasteiger partial charge in [-0.05, 0) is 42.5 Å². The van der Waals surface area contributed by atoms with Crippen molar-refractivity contribution in [3.8, 4) is 0 Å². The largest absolute Gasteiger partial charge is 0.457 e. The maximum Gasteiger partial charge on any atom is 0.311 e. The minimum atomic E-state index is -0.517. The van der Waals surface area contributed by atoms with Crippen LogP contribution in [0, 0.1) is 17.8 Å². The number of carbonyl (C=O) groups is 4. The molecule has 0 radical (unpaired) electrons. The van der Waals surface area contributed by atoms with Crippen LogP contribution in [-0.4, -0.2) is 47.7 Å². The van der Waals surface area contributed by atoms with Gasteiger partial charge in [-0.25, -0.2) is 0 Å². The summed E-state index contributed by atoms with van der Waals surface area (Å²) in [6.07, 6.45) is 3.78. The maximum absolute atomic E-state index is 12.6. The first-order chi connectivity index (χ1) is 14.8. The number of ketones is 1. The maximum atomic E-state index is 12.6. The molecule has 1 aliphatic carbocycles. The van der Waals surface area contributed by atoms with Gasteiger partial charge in [0.2, 0.25) is 11.8 Å². The van der Waals surface area contributed by atoms with E-state index in [1.54, 1.807) is 31.2 Å². The number of esters is 1. The van der Waals surface area contributed by atoms with E-state index in [9.17, 15) is 19.2 Å². The van der Waals surface area contributed by atoms with Crippen LogP contribution in [0.3, 0.4) is 0 Å². The zero-order chi connectivity index (χ0) is 22.5. The lowest BCUT2D eigenvalue weighted by atomic mass is 9.77. The standard InChI is InChI=1S/C24H32N2O5/c1-4-22(28)25-19-10-8-17(9-11-19)21(27)14-31-24(30)18-12-23(29)26(13-18)20-7-5-6-15(2)16(20)3/h8-11,15-16,18,20H,4-7,12-14H2,1-3H3,(H,25,28)/t15-,16-,18+,20-/m0/s1. The number of likely N-dealkylation sites (tertiary alicyclic amines) is 1. The van der Waals surface area contributed by atoms with Crippen molar-refractivity contribution in [1.82, 2.24) is 4.90 Å². The molecule has 2 amide bonds. The number of amides is 2. The second-order valence-corrected chi connectivity index (χ2v) is 8.79. The average molecular weight is 429 g/mol. The van der Waals surface area contributed by atoms with E-state index in [2.05, 4.69) is 19.2 Å². The molecule has 1 aliphatic heterocycles. The number of nitrogens with one attached hydrogen (secondary N) is 1. The molecule has 31 heavy (non-hydrogen) atoms. The van der Waals surface area contributed by atoms with Gasteiger partial charge in [-0.3, -0.25) is 19.2 Å². The van der Waals surface area contributed by atoms with Crippen LogP contribution in [0.1, 0.15) is 63.2 Å². The van der Waals surface area contributed by atoms with Gasteiger partial charge < -0.3 is 15.0 Å². The molecule has 0 bridgehead atoms. The predicted molar refractivity (Wildman–Crippen MR) is 116 cm³/mol. The van der Waals surface area contributed by atoms with Crippen molar-refractivity contribution in [2.75, 3.05) is 18.5 Å². The van der Waals surface area contributed by atoms with Gasteiger partial charge in [0.15, 0.2) is 12.4 Å². The molecule has 7 heteroatoms. The number of hydrogen-bond acceptors (Lipinski definition) is 5. The summed E-state index contributed by atoms with van der Waals surface area (Å²) in [5, 5.41) is 2.71. The van der Waals surface area contributed by atoms with E-state index < -0.39 is 11.9 Å². The van der Waals surface area contributed by atoms with E-state index in [-0.39, 0.29) is 36.7 Å². The van der Waals surface area contributed by atoms with Crippen LogP contribution < -0.4 is 5.32 Å². The Kier molecular flexibility index (Phi) is 7.46. The second-order valence-electron chi connectivity index (χ2n) is 8.79. The minimum absolute atomic E-state index is 0.00365. The van der Waals surface area contributed by atoms with Crippen molar-refractivity contribution in [1.29, 1.82) is 0 Å². The fraction of sp³-hybridized carbons (Fsp3) is 0.583. The highest BCUT2D eigenvalue weighted by atomic mass is 16.5. The first kappa shape index (κ1) is 23.0. The molecule has 1 aromatic carbocycles. The molecule has 7 nitrogen and oxygen atoms in total. The Labute approximate surface area is 183 Å². The van der Waals surface area contributed by atoms with Crippen LogP contribution in [0.15, 0.2) is 24.3 Å². The predicted octanol–water partition coefficient (Wildman–Crippen LogP) is 3.43. The Morgan fingerprint density at radius 1 is 1.13 bits per heavy atom. The summed E-state index contributed by atoms with van der Waals surface area (Å²) in [7, 11) is 0. The van der Waals surface area contributed by atoms with Crippen LogP contribution in [0.2, 0.25) is 0 Å². The SMILES string of the molecule is CCC(=O)Nc1ccc(C(=O)COC(=O)[C@@H]2CC(=O)N([C@H]3CCC[C@H](C)[C@@H]3C)C2)cc1. The first-order valence-corrected chi connectivity index (χ1v) is 11.2. The van der Waals surface area contributed by atoms with Crippen LogP contribution >= 0.6 is 0 Å². The number of anilines is 1. The molecule has 2 fully saturated rings. The third-order valence-corrected chi connectivity index (χ3v) is 6.71. The number of carbonyl (C=O) groups excluding carboxylic acids is 4. The average Bonchev–Trinajstić information content (AvgIpc) is 3.15. The highest BCUT2D eigenvalue weighted by Gasteiger charge is 2.42. The van der Waals surface area contributed by atoms with E-state index in [1.165, 1.54) is 6.42 Å². The van der Waals surface area contributed by atoms with Gasteiger partial charge >= 0.3 is 5.97 Å². The number of nitrogens with zero attached hydrogens (tertiary/aromatic N) is 1. The van der Waals surface area contributed by atoms with Crippen LogP contribution in [0.25, 0.3) is 0 Å². The van der Waals surface area contributed by atoms with Gasteiger partial charge in [0.1, 0.15) is 0 Å². The molecule has 168 valence electrons. The summed E-state index contributed by atoms with van der Waals surface area (Å²) in [4.78, 5) is 50.7. The monoisotopic (exact) mass is 428 g/mol. The summed E-state index contributed by atoms with van der Waals surface area (Å²) < 4.78 is 5.25. The van der Waals surface area contributed by atoms with Gasteiger partial charge in [-0.2, -0.15) is 0 Å². The number of hydrogen-bond donors (Lipinski definition) is 1. The van der Waals surface area contributed by atoms with Crippen molar-refractivity contribution >= 4 is 29.3 Å². The number of rotatable bonds is 7. The van der Waals surface area contributed by atoms with Gasteiger partial charge in [0.25, 0.3) is 0 Å². The van der Waals surface area contributed by atoms with E-state index in [1.807, 2.05) is 4.90 Å². The van der Waals surface area contributed by atoms with Crippen molar-refractivity contribution in [2.45, 2.75) is 58.9 Å². The van der Waals surface area contributed by atoms with Crippen molar-refractivity contribution < 1.29 is 23.9 Å². The van der Waals surface area contributed by atoms with Crippen molar-refractivity contribution in [2.24, 2.45) is 17.8 Å². The number of ether oxygens (including phenoxy) is 1. The van der Waals surface area contributed by atoms with Gasteiger partial charge in [0.05, 0.1) is 5.92 Å². The Bertz CT molecular complexity index is 835. The van der Waals surface area contributed by atoms with Gasteiger partial charge in [0, 0.05) is 36.7 Å². The number of benzene rings is 1. The van der Waals surface area contributed by atoms with E-state index in [0.29, 0.717) is 36.1 Å². The molecular formula is C24H32N2O5. The Hall–Kier alpha value is -2.70. The third-order valence-electron chi connectivity index (χ3n) is 6.71. The Balaban J connectivity index is 1.51. The summed E-state index contributed by atoms with van der Waals surface area (Å²) in [5.41, 5.74) is 1.01. The molecule has 0 spiro atoms. The highest BCUT2D eigenvalue weighted by molar-refractivity contribution is 5.99. The molecule has 4 atom stereocenters. The molecular weight excluding hydrogens is 396 g/mol. The molecule has 1 saturated heterocycles. The van der Waals surface area contributed by atoms with E-state index in [0.717, 1.165) is 12.8 Å². The summed E-state index contributed by atoms with van der Waals surface area (Å²) in [6.45, 7) is 6.18. The van der Waals surface area contributed by atoms with Crippen molar-refractivity contribution in [3.05, 3.63) is 29.8 Å². The third kappa shape index (κ3) is 5.51. The van der Waals surface area contributed by atoms with Gasteiger partial charge in [-0.15, -0.1) is 0 Å². The lowest BCUT2D eigenvalue weighted by molar-refractivity contribution is -0.147. The molecule has 3 rings (SSSR count). The zero-order valence-electron chi connectivity index (χ0n) is 18.6.